The van der Waals surface area contributed by atoms with Crippen molar-refractivity contribution in [2.75, 3.05) is 0 Å². The van der Waals surface area contributed by atoms with E-state index in [9.17, 15) is 9.90 Å². The molecule has 4 nitrogen and oxygen atoms in total. The smallest absolute Gasteiger partial charge is 0.861 e. The third-order valence-corrected chi connectivity index (χ3v) is 3.54. The van der Waals surface area contributed by atoms with Gasteiger partial charge in [-0.3, -0.25) is 9.79 Å². The molecule has 1 aliphatic heterocycles. The van der Waals surface area contributed by atoms with Gasteiger partial charge in [-0.25, -0.2) is 0 Å². The topological polar surface area (TPSA) is 64.5 Å². The van der Waals surface area contributed by atoms with Gasteiger partial charge in [-0.15, -0.1) is 12.6 Å². The van der Waals surface area contributed by atoms with Crippen LogP contribution in [0.3, 0.4) is 0 Å². The monoisotopic (exact) mass is 252 g/mol. The summed E-state index contributed by atoms with van der Waals surface area (Å²) < 4.78 is 0. The molecule has 3 atom stereocenters. The van der Waals surface area contributed by atoms with E-state index in [1.807, 2.05) is 20.8 Å². The molecule has 1 N–H and O–H groups in total. The van der Waals surface area contributed by atoms with Crippen LogP contribution in [0, 0.1) is 11.3 Å². The molecule has 1 aliphatic rings. The molecule has 3 unspecified atom stereocenters. The van der Waals surface area contributed by atoms with Gasteiger partial charge < -0.3 is 10.4 Å². The molecule has 0 aromatic carbocycles. The fourth-order valence-corrected chi connectivity index (χ4v) is 2.27. The van der Waals surface area contributed by atoms with E-state index >= 15 is 0 Å². The largest absolute Gasteiger partial charge is 1.00 e. The molecule has 1 amide bonds. The molecule has 16 heavy (non-hydrogen) atoms. The third-order valence-electron chi connectivity index (χ3n) is 3.30. The molecule has 86 valence electrons. The van der Waals surface area contributed by atoms with E-state index in [1.54, 1.807) is 0 Å². The quantitative estimate of drug-likeness (QED) is 0.432. The van der Waals surface area contributed by atoms with Gasteiger partial charge in [0.1, 0.15) is 0 Å². The van der Waals surface area contributed by atoms with Gasteiger partial charge in [0.25, 0.3) is 0 Å². The minimum Gasteiger partial charge on any atom is -0.861 e. The van der Waals surface area contributed by atoms with Gasteiger partial charge in [-0.1, -0.05) is 27.2 Å². The number of hydrogen-bond acceptors (Lipinski definition) is 4. The maximum atomic E-state index is 11.9. The number of carbonyl (C=O) groups is 1. The molecule has 1 rings (SSSR count). The van der Waals surface area contributed by atoms with E-state index in [4.69, 9.17) is 0 Å². The molecular formula is C10H17N2NaO2S. The summed E-state index contributed by atoms with van der Waals surface area (Å²) in [4.78, 5) is 15.7. The van der Waals surface area contributed by atoms with E-state index in [-0.39, 0.29) is 47.3 Å². The Balaban J connectivity index is 0.00000225. The second-order valence-electron chi connectivity index (χ2n) is 3.92. The van der Waals surface area contributed by atoms with Crippen LogP contribution in [0.5, 0.6) is 0 Å². The van der Waals surface area contributed by atoms with Crippen LogP contribution >= 0.6 is 12.6 Å². The molecule has 6 heteroatoms. The minimum absolute atomic E-state index is 0. The van der Waals surface area contributed by atoms with Crippen LogP contribution < -0.4 is 40.0 Å². The van der Waals surface area contributed by atoms with Crippen molar-refractivity contribution >= 4 is 24.4 Å². The van der Waals surface area contributed by atoms with Crippen LogP contribution in [0.4, 0.5) is 0 Å². The molecule has 0 saturated heterocycles. The number of nitrogens with zero attached hydrogens (tertiary/aromatic N) is 1. The summed E-state index contributed by atoms with van der Waals surface area (Å²) in [7, 11) is 0. The molecule has 0 radical (unpaired) electrons. The second kappa shape index (κ2) is 6.28. The Morgan fingerprint density at radius 2 is 2.19 bits per heavy atom. The predicted octanol–water partition coefficient (Wildman–Crippen LogP) is -2.47. The van der Waals surface area contributed by atoms with Crippen LogP contribution in [0.25, 0.3) is 0 Å². The Morgan fingerprint density at radius 3 is 2.56 bits per heavy atom. The summed E-state index contributed by atoms with van der Waals surface area (Å²) in [5.74, 6) is -0.568. The summed E-state index contributed by atoms with van der Waals surface area (Å²) in [6, 6.07) is 0. The van der Waals surface area contributed by atoms with Crippen molar-refractivity contribution in [3.8, 4) is 0 Å². The SMILES string of the molecule is CCC(C)C1(CC)C(=O)NC(S)N=C1[O-].[Na+]. The zero-order valence-corrected chi connectivity index (χ0v) is 13.2. The van der Waals surface area contributed by atoms with Gasteiger partial charge in [0.15, 0.2) is 5.50 Å². The van der Waals surface area contributed by atoms with Gasteiger partial charge in [-0.05, 0) is 18.2 Å². The number of carbonyl (C=O) groups excluding carboxylic acids is 1. The Kier molecular flexibility index (Phi) is 6.40. The van der Waals surface area contributed by atoms with Crippen molar-refractivity contribution in [2.24, 2.45) is 16.3 Å². The number of amides is 1. The van der Waals surface area contributed by atoms with E-state index in [2.05, 4.69) is 22.9 Å². The third kappa shape index (κ3) is 2.58. The first kappa shape index (κ1) is 16.3. The molecule has 0 bridgehead atoms. The van der Waals surface area contributed by atoms with Gasteiger partial charge in [0.2, 0.25) is 5.91 Å². The van der Waals surface area contributed by atoms with Crippen LogP contribution in [0.1, 0.15) is 33.6 Å². The number of hydrogen-bond donors (Lipinski definition) is 2. The normalized spacial score (nSPS) is 31.1. The molecule has 0 aromatic rings. The van der Waals surface area contributed by atoms with Crippen LogP contribution in [-0.4, -0.2) is 17.3 Å². The van der Waals surface area contributed by atoms with Crippen LogP contribution in [-0.2, 0) is 4.79 Å². The zero-order valence-electron chi connectivity index (χ0n) is 10.3. The summed E-state index contributed by atoms with van der Waals surface area (Å²) >= 11 is 3.97. The average molecular weight is 252 g/mol. The molecule has 0 aromatic heterocycles. The first-order valence-electron chi connectivity index (χ1n) is 5.23. The van der Waals surface area contributed by atoms with Crippen molar-refractivity contribution < 1.29 is 39.5 Å². The van der Waals surface area contributed by atoms with Gasteiger partial charge >= 0.3 is 29.6 Å². The van der Waals surface area contributed by atoms with Crippen LogP contribution in [0.2, 0.25) is 0 Å². The number of aliphatic imine (C=N–C) groups is 1. The summed E-state index contributed by atoms with van der Waals surface area (Å²) in [5, 5.41) is 14.5. The van der Waals surface area contributed by atoms with E-state index in [0.29, 0.717) is 6.42 Å². The standard InChI is InChI=1S/C10H18N2O2S.Na/c1-4-6(3)10(5-2)7(13)11-9(15)12-8(10)14;/h6,9,15H,4-5H2,1-3H3,(H,11,13)(H,12,14);/q;+1/p-1. The number of thiol groups is 1. The Hall–Kier alpha value is 0.290. The van der Waals surface area contributed by atoms with E-state index in [1.165, 1.54) is 0 Å². The molecule has 0 saturated carbocycles. The maximum Gasteiger partial charge on any atom is 1.00 e. The summed E-state index contributed by atoms with van der Waals surface area (Å²) in [5.41, 5.74) is -1.66. The van der Waals surface area contributed by atoms with Gasteiger partial charge in [0, 0.05) is 0 Å². The van der Waals surface area contributed by atoms with Crippen molar-refractivity contribution in [2.45, 2.75) is 39.1 Å². The van der Waals surface area contributed by atoms with Gasteiger partial charge in [-0.2, -0.15) is 0 Å². The molecular weight excluding hydrogens is 235 g/mol. The summed E-state index contributed by atoms with van der Waals surface area (Å²) in [6.07, 6.45) is 1.26. The fraction of sp³-hybridized carbons (Fsp3) is 0.800. The fourth-order valence-electron chi connectivity index (χ4n) is 2.04. The van der Waals surface area contributed by atoms with Crippen LogP contribution in [0.15, 0.2) is 4.99 Å². The van der Waals surface area contributed by atoms with Crippen molar-refractivity contribution in [3.05, 3.63) is 0 Å². The number of nitrogens with one attached hydrogen (secondary N) is 1. The van der Waals surface area contributed by atoms with Crippen molar-refractivity contribution in [1.82, 2.24) is 5.32 Å². The zero-order chi connectivity index (χ0) is 11.6. The maximum absolute atomic E-state index is 11.9. The predicted molar refractivity (Wildman–Crippen MR) is 60.5 cm³/mol. The number of rotatable bonds is 3. The molecule has 0 aliphatic carbocycles. The van der Waals surface area contributed by atoms with Gasteiger partial charge in [0.05, 0.1) is 5.41 Å². The van der Waals surface area contributed by atoms with E-state index in [0.717, 1.165) is 6.42 Å². The summed E-state index contributed by atoms with van der Waals surface area (Å²) in [6.45, 7) is 5.72. The van der Waals surface area contributed by atoms with Crippen molar-refractivity contribution in [1.29, 1.82) is 0 Å². The first-order chi connectivity index (χ1) is 6.98. The Bertz CT molecular complexity index is 299. The second-order valence-corrected chi connectivity index (χ2v) is 4.40. The Labute approximate surface area is 124 Å². The van der Waals surface area contributed by atoms with E-state index < -0.39 is 10.9 Å². The first-order valence-corrected chi connectivity index (χ1v) is 5.75. The molecule has 0 fully saturated rings. The molecule has 1 heterocycles. The van der Waals surface area contributed by atoms with Crippen molar-refractivity contribution in [3.63, 3.8) is 0 Å². The average Bonchev–Trinajstić information content (AvgIpc) is 2.17. The minimum atomic E-state index is -0.978. The Morgan fingerprint density at radius 1 is 1.62 bits per heavy atom. The molecule has 0 spiro atoms.